The number of thiophene rings is 1. The van der Waals surface area contributed by atoms with Gasteiger partial charge in [-0.05, 0) is 31.2 Å². The van der Waals surface area contributed by atoms with Crippen LogP contribution in [0.25, 0.3) is 10.2 Å². The monoisotopic (exact) mass is 293 g/mol. The van der Waals surface area contributed by atoms with Gasteiger partial charge in [-0.3, -0.25) is 9.36 Å². The molecule has 1 saturated heterocycles. The summed E-state index contributed by atoms with van der Waals surface area (Å²) in [6.07, 6.45) is 4.21. The van der Waals surface area contributed by atoms with Crippen molar-refractivity contribution in [2.24, 2.45) is 0 Å². The van der Waals surface area contributed by atoms with Crippen LogP contribution in [0.2, 0.25) is 0 Å². The van der Waals surface area contributed by atoms with Crippen molar-refractivity contribution in [1.29, 1.82) is 0 Å². The van der Waals surface area contributed by atoms with Crippen LogP contribution in [-0.4, -0.2) is 34.8 Å². The number of nitrogens with one attached hydrogen (secondary N) is 1. The van der Waals surface area contributed by atoms with Crippen LogP contribution in [0.3, 0.4) is 0 Å². The third kappa shape index (κ3) is 2.77. The highest BCUT2D eigenvalue weighted by Crippen LogP contribution is 2.15. The molecule has 1 aliphatic rings. The minimum absolute atomic E-state index is 0.0524. The molecule has 0 saturated carbocycles. The van der Waals surface area contributed by atoms with Crippen molar-refractivity contribution in [2.75, 3.05) is 13.2 Å². The van der Waals surface area contributed by atoms with Gasteiger partial charge < -0.3 is 10.1 Å². The maximum Gasteiger partial charge on any atom is 0.271 e. The largest absolute Gasteiger partial charge is 0.377 e. The summed E-state index contributed by atoms with van der Waals surface area (Å²) in [6.45, 7) is 4.39. The summed E-state index contributed by atoms with van der Waals surface area (Å²) in [5.74, 6) is 0. The van der Waals surface area contributed by atoms with E-state index in [4.69, 9.17) is 4.74 Å². The van der Waals surface area contributed by atoms with Gasteiger partial charge in [0.25, 0.3) is 5.56 Å². The Kier molecular flexibility index (Phi) is 4.14. The van der Waals surface area contributed by atoms with Gasteiger partial charge in [0.1, 0.15) is 4.70 Å². The van der Waals surface area contributed by atoms with E-state index in [-0.39, 0.29) is 5.56 Å². The van der Waals surface area contributed by atoms with E-state index < -0.39 is 0 Å². The Morgan fingerprint density at radius 2 is 2.55 bits per heavy atom. The highest BCUT2D eigenvalue weighted by atomic mass is 32.1. The topological polar surface area (TPSA) is 56.2 Å². The Bertz CT molecular complexity index is 631. The van der Waals surface area contributed by atoms with Gasteiger partial charge in [0.15, 0.2) is 0 Å². The van der Waals surface area contributed by atoms with E-state index in [1.54, 1.807) is 10.9 Å². The fourth-order valence-electron chi connectivity index (χ4n) is 2.58. The number of ether oxygens (including phenoxy) is 1. The fourth-order valence-corrected chi connectivity index (χ4v) is 3.37. The first-order valence-electron chi connectivity index (χ1n) is 7.03. The lowest BCUT2D eigenvalue weighted by atomic mass is 10.1. The molecule has 2 atom stereocenters. The molecular weight excluding hydrogens is 274 g/mol. The van der Waals surface area contributed by atoms with Crippen molar-refractivity contribution < 1.29 is 4.74 Å². The minimum atomic E-state index is 0.0524. The summed E-state index contributed by atoms with van der Waals surface area (Å²) in [4.78, 5) is 16.5. The first-order chi connectivity index (χ1) is 9.75. The highest BCUT2D eigenvalue weighted by Gasteiger charge is 2.21. The zero-order valence-electron chi connectivity index (χ0n) is 11.5. The van der Waals surface area contributed by atoms with Crippen LogP contribution in [0.5, 0.6) is 0 Å². The van der Waals surface area contributed by atoms with Crippen molar-refractivity contribution in [3.05, 3.63) is 28.1 Å². The van der Waals surface area contributed by atoms with Crippen LogP contribution in [0.1, 0.15) is 19.8 Å². The molecule has 0 bridgehead atoms. The number of fused-ring (bicyclic) bond motifs is 1. The van der Waals surface area contributed by atoms with Crippen LogP contribution in [0.4, 0.5) is 0 Å². The Morgan fingerprint density at radius 3 is 3.35 bits per heavy atom. The molecule has 0 spiro atoms. The fraction of sp³-hybridized carbons (Fsp3) is 0.571. The van der Waals surface area contributed by atoms with Gasteiger partial charge in [-0.15, -0.1) is 11.3 Å². The predicted octanol–water partition coefficient (Wildman–Crippen LogP) is 1.62. The molecule has 20 heavy (non-hydrogen) atoms. The average Bonchev–Trinajstić information content (AvgIpc) is 3.11. The lowest BCUT2D eigenvalue weighted by Crippen LogP contribution is -2.39. The molecule has 2 aromatic rings. The zero-order valence-corrected chi connectivity index (χ0v) is 12.4. The van der Waals surface area contributed by atoms with Crippen LogP contribution in [0.15, 0.2) is 22.6 Å². The Hall–Kier alpha value is -1.24. The molecule has 3 rings (SSSR count). The summed E-state index contributed by atoms with van der Waals surface area (Å²) < 4.78 is 8.06. The van der Waals surface area contributed by atoms with Crippen LogP contribution < -0.4 is 10.9 Å². The summed E-state index contributed by atoms with van der Waals surface area (Å²) in [6, 6.07) is 2.20. The highest BCUT2D eigenvalue weighted by molar-refractivity contribution is 7.17. The quantitative estimate of drug-likeness (QED) is 0.910. The van der Waals surface area contributed by atoms with Gasteiger partial charge in [-0.1, -0.05) is 0 Å². The lowest BCUT2D eigenvalue weighted by molar-refractivity contribution is 0.0835. The zero-order chi connectivity index (χ0) is 13.9. The molecule has 1 fully saturated rings. The van der Waals surface area contributed by atoms with E-state index in [9.17, 15) is 4.79 Å². The summed E-state index contributed by atoms with van der Waals surface area (Å²) >= 11 is 1.45. The molecule has 6 heteroatoms. The molecule has 1 aliphatic heterocycles. The maximum absolute atomic E-state index is 12.2. The van der Waals surface area contributed by atoms with Crippen molar-refractivity contribution >= 4 is 21.6 Å². The second-order valence-electron chi connectivity index (χ2n) is 5.17. The number of aromatic nitrogens is 2. The molecular formula is C14H19N3O2S. The normalized spacial score (nSPS) is 20.6. The standard InChI is InChI=1S/C14H19N3O2S/c1-10(12-3-2-7-19-12)15-5-6-17-9-16-11-4-8-20-13(11)14(17)18/h4,8-10,12,15H,2-3,5-7H2,1H3. The minimum Gasteiger partial charge on any atom is -0.377 e. The van der Waals surface area contributed by atoms with E-state index in [0.717, 1.165) is 36.2 Å². The van der Waals surface area contributed by atoms with Gasteiger partial charge in [0, 0.05) is 25.7 Å². The second-order valence-corrected chi connectivity index (χ2v) is 6.09. The summed E-state index contributed by atoms with van der Waals surface area (Å²) in [7, 11) is 0. The Balaban J connectivity index is 1.59. The molecule has 3 heterocycles. The van der Waals surface area contributed by atoms with Crippen LogP contribution in [-0.2, 0) is 11.3 Å². The van der Waals surface area contributed by atoms with Crippen molar-refractivity contribution in [3.8, 4) is 0 Å². The molecule has 1 N–H and O–H groups in total. The predicted molar refractivity (Wildman–Crippen MR) is 80.3 cm³/mol. The van der Waals surface area contributed by atoms with Gasteiger partial charge in [-0.25, -0.2) is 4.98 Å². The molecule has 108 valence electrons. The SMILES string of the molecule is CC(NCCn1cnc2ccsc2c1=O)C1CCCO1. The second kappa shape index (κ2) is 6.03. The van der Waals surface area contributed by atoms with Crippen molar-refractivity contribution in [1.82, 2.24) is 14.9 Å². The lowest BCUT2D eigenvalue weighted by Gasteiger charge is -2.20. The molecule has 2 unspecified atom stereocenters. The Morgan fingerprint density at radius 1 is 1.65 bits per heavy atom. The molecule has 0 amide bonds. The van der Waals surface area contributed by atoms with Crippen molar-refractivity contribution in [3.63, 3.8) is 0 Å². The van der Waals surface area contributed by atoms with Crippen LogP contribution in [0, 0.1) is 0 Å². The molecule has 2 aromatic heterocycles. The first-order valence-corrected chi connectivity index (χ1v) is 7.91. The van der Waals surface area contributed by atoms with Crippen LogP contribution >= 0.6 is 11.3 Å². The van der Waals surface area contributed by atoms with E-state index in [1.165, 1.54) is 11.3 Å². The maximum atomic E-state index is 12.2. The first kappa shape index (κ1) is 13.7. The third-order valence-corrected chi connectivity index (χ3v) is 4.67. The van der Waals surface area contributed by atoms with Crippen molar-refractivity contribution in [2.45, 2.75) is 38.5 Å². The summed E-state index contributed by atoms with van der Waals surface area (Å²) in [5.41, 5.74) is 0.841. The van der Waals surface area contributed by atoms with Gasteiger partial charge >= 0.3 is 0 Å². The molecule has 0 aliphatic carbocycles. The number of rotatable bonds is 5. The third-order valence-electron chi connectivity index (χ3n) is 3.78. The van der Waals surface area contributed by atoms with E-state index in [2.05, 4.69) is 17.2 Å². The number of nitrogens with zero attached hydrogens (tertiary/aromatic N) is 2. The van der Waals surface area contributed by atoms with E-state index >= 15 is 0 Å². The van der Waals surface area contributed by atoms with Gasteiger partial charge in [-0.2, -0.15) is 0 Å². The molecule has 0 aromatic carbocycles. The van der Waals surface area contributed by atoms with E-state index in [1.807, 2.05) is 11.4 Å². The summed E-state index contributed by atoms with van der Waals surface area (Å²) in [5, 5.41) is 5.34. The average molecular weight is 293 g/mol. The van der Waals surface area contributed by atoms with Gasteiger partial charge in [0.05, 0.1) is 17.9 Å². The number of hydrogen-bond donors (Lipinski definition) is 1. The molecule has 0 radical (unpaired) electrons. The number of hydrogen-bond acceptors (Lipinski definition) is 5. The smallest absolute Gasteiger partial charge is 0.271 e. The molecule has 5 nitrogen and oxygen atoms in total. The van der Waals surface area contributed by atoms with Gasteiger partial charge in [0.2, 0.25) is 0 Å². The Labute approximate surface area is 121 Å². The van der Waals surface area contributed by atoms with E-state index in [0.29, 0.717) is 18.7 Å².